The van der Waals surface area contributed by atoms with Crippen molar-refractivity contribution in [2.75, 3.05) is 0 Å². The summed E-state index contributed by atoms with van der Waals surface area (Å²) in [5, 5.41) is 11.2. The van der Waals surface area contributed by atoms with Crippen LogP contribution in [0.5, 0.6) is 0 Å². The lowest BCUT2D eigenvalue weighted by Gasteiger charge is -2.33. The summed E-state index contributed by atoms with van der Waals surface area (Å²) >= 11 is 11.6. The van der Waals surface area contributed by atoms with Crippen molar-refractivity contribution in [3.8, 4) is 0 Å². The van der Waals surface area contributed by atoms with Crippen molar-refractivity contribution in [2.45, 2.75) is 25.2 Å². The molecular weight excluding hydrogens is 304 g/mol. The average Bonchev–Trinajstić information content (AvgIpc) is 2.47. The largest absolute Gasteiger partial charge is 0.349 e. The molecule has 3 nitrogen and oxygen atoms in total. The third-order valence-electron chi connectivity index (χ3n) is 3.89. The predicted octanol–water partition coefficient (Wildman–Crippen LogP) is 3.54. The summed E-state index contributed by atoms with van der Waals surface area (Å²) in [5.74, 6) is 2.12. The van der Waals surface area contributed by atoms with Crippen LogP contribution in [-0.4, -0.2) is 16.6 Å². The van der Waals surface area contributed by atoms with Crippen LogP contribution >= 0.6 is 23.8 Å². The highest BCUT2D eigenvalue weighted by molar-refractivity contribution is 7.80. The van der Waals surface area contributed by atoms with Crippen LogP contribution in [0, 0.1) is 5.41 Å². The summed E-state index contributed by atoms with van der Waals surface area (Å²) in [6.07, 6.45) is 2.15. The molecule has 0 saturated carbocycles. The number of Topliss-reactive ketones (excluding diaryl/α,β-unsaturated/α-hetero) is 1. The predicted molar refractivity (Wildman–Crippen MR) is 87.1 cm³/mol. The van der Waals surface area contributed by atoms with E-state index in [1.807, 2.05) is 18.2 Å². The summed E-state index contributed by atoms with van der Waals surface area (Å²) in [6, 6.07) is 7.39. The summed E-state index contributed by atoms with van der Waals surface area (Å²) in [4.78, 5) is 12.9. The lowest BCUT2D eigenvalue weighted by Crippen LogP contribution is -2.37. The minimum absolute atomic E-state index is 0.101. The highest BCUT2D eigenvalue weighted by Gasteiger charge is 2.37. The summed E-state index contributed by atoms with van der Waals surface area (Å²) < 4.78 is 0. The molecule has 2 aliphatic rings. The number of rotatable bonds is 1. The molecular formula is C16H13ClN2OS. The zero-order valence-corrected chi connectivity index (χ0v) is 12.8. The zero-order valence-electron chi connectivity index (χ0n) is 11.2. The number of carbonyl (C=O) groups excluding carboxylic acids is 1. The van der Waals surface area contributed by atoms with Crippen LogP contribution in [0.25, 0.3) is 0 Å². The number of hydrogen-bond donors (Lipinski definition) is 2. The summed E-state index contributed by atoms with van der Waals surface area (Å²) in [6.45, 7) is 0. The van der Waals surface area contributed by atoms with E-state index in [-0.39, 0.29) is 11.7 Å². The van der Waals surface area contributed by atoms with E-state index in [2.05, 4.69) is 11.2 Å². The molecule has 21 heavy (non-hydrogen) atoms. The van der Waals surface area contributed by atoms with Crippen molar-refractivity contribution >= 4 is 40.5 Å². The van der Waals surface area contributed by atoms with Gasteiger partial charge in [0.05, 0.1) is 11.5 Å². The van der Waals surface area contributed by atoms with Crippen LogP contribution in [0.4, 0.5) is 0 Å². The Morgan fingerprint density at radius 1 is 1.33 bits per heavy atom. The highest BCUT2D eigenvalue weighted by atomic mass is 35.5. The fourth-order valence-corrected chi connectivity index (χ4v) is 3.49. The van der Waals surface area contributed by atoms with E-state index in [9.17, 15) is 4.79 Å². The van der Waals surface area contributed by atoms with Crippen molar-refractivity contribution in [2.24, 2.45) is 0 Å². The molecule has 3 rings (SSSR count). The zero-order chi connectivity index (χ0) is 15.0. The molecule has 0 bridgehead atoms. The number of benzene rings is 1. The van der Waals surface area contributed by atoms with Crippen LogP contribution in [-0.2, 0) is 4.79 Å². The molecule has 0 amide bonds. The molecule has 1 aromatic rings. The maximum absolute atomic E-state index is 12.4. The average molecular weight is 317 g/mol. The Morgan fingerprint density at radius 3 is 2.81 bits per heavy atom. The fraction of sp³-hybridized carbons (Fsp3) is 0.250. The van der Waals surface area contributed by atoms with Gasteiger partial charge in [-0.25, -0.2) is 0 Å². The second kappa shape index (κ2) is 5.57. The third kappa shape index (κ3) is 2.36. The molecule has 1 atom stereocenters. The molecule has 0 saturated heterocycles. The molecule has 106 valence electrons. The topological polar surface area (TPSA) is 53.0 Å². The van der Waals surface area contributed by atoms with Crippen LogP contribution in [0.1, 0.15) is 30.7 Å². The van der Waals surface area contributed by atoms with Gasteiger partial charge in [-0.3, -0.25) is 10.2 Å². The van der Waals surface area contributed by atoms with Crippen molar-refractivity contribution in [3.05, 3.63) is 51.7 Å². The molecule has 1 heterocycles. The number of halogens is 1. The Bertz CT molecular complexity index is 732. The maximum Gasteiger partial charge on any atom is 0.161 e. The van der Waals surface area contributed by atoms with Crippen molar-refractivity contribution in [1.82, 2.24) is 5.32 Å². The van der Waals surface area contributed by atoms with Crippen LogP contribution < -0.4 is 5.32 Å². The molecule has 0 spiro atoms. The van der Waals surface area contributed by atoms with E-state index >= 15 is 0 Å². The summed E-state index contributed by atoms with van der Waals surface area (Å²) in [5.41, 5.74) is 2.88. The maximum atomic E-state index is 12.4. The number of thiocarbonyl (C=S) groups is 1. The van der Waals surface area contributed by atoms with Crippen LogP contribution in [0.3, 0.4) is 0 Å². The first-order valence-corrected chi connectivity index (χ1v) is 7.53. The molecule has 0 radical (unpaired) electrons. The van der Waals surface area contributed by atoms with Crippen molar-refractivity contribution in [3.63, 3.8) is 0 Å². The Hall–Kier alpha value is -1.74. The quantitative estimate of drug-likeness (QED) is 0.473. The van der Waals surface area contributed by atoms with E-state index in [1.165, 1.54) is 0 Å². The van der Waals surface area contributed by atoms with Crippen molar-refractivity contribution < 1.29 is 4.79 Å². The van der Waals surface area contributed by atoms with Gasteiger partial charge in [0.1, 0.15) is 4.99 Å². The van der Waals surface area contributed by atoms with Gasteiger partial charge in [-0.05, 0) is 30.3 Å². The number of hydrogen-bond acceptors (Lipinski definition) is 3. The first-order valence-electron chi connectivity index (χ1n) is 6.75. The Kier molecular flexibility index (Phi) is 3.77. The number of nitrogens with one attached hydrogen (secondary N) is 2. The van der Waals surface area contributed by atoms with Gasteiger partial charge >= 0.3 is 0 Å². The fourth-order valence-electron chi connectivity index (χ4n) is 2.96. The highest BCUT2D eigenvalue weighted by Crippen LogP contribution is 2.42. The Labute approximate surface area is 133 Å². The second-order valence-electron chi connectivity index (χ2n) is 5.12. The molecule has 0 fully saturated rings. The number of ketones is 1. The molecule has 1 aliphatic carbocycles. The first kappa shape index (κ1) is 14.2. The molecule has 1 unspecified atom stereocenters. The SMILES string of the molecule is N=C=C1C(=S)NC2=C(C(=O)CCC2)C1c1ccccc1Cl. The standard InChI is InChI=1S/C16H13ClN2OS/c17-11-5-2-1-4-9(11)14-10(8-18)16(21)19-12-6-3-7-13(20)15(12)14/h1-2,4-5,14,18H,3,6-7H2,(H,19,21). The van der Waals surface area contributed by atoms with E-state index in [4.69, 9.17) is 29.2 Å². The normalized spacial score (nSPS) is 21.8. The number of allylic oxidation sites excluding steroid dienone is 2. The molecule has 5 heteroatoms. The van der Waals surface area contributed by atoms with E-state index in [1.54, 1.807) is 6.07 Å². The smallest absolute Gasteiger partial charge is 0.161 e. The first-order chi connectivity index (χ1) is 10.1. The van der Waals surface area contributed by atoms with Gasteiger partial charge in [0.2, 0.25) is 0 Å². The summed E-state index contributed by atoms with van der Waals surface area (Å²) in [7, 11) is 0. The molecule has 1 aliphatic heterocycles. The third-order valence-corrected chi connectivity index (χ3v) is 4.56. The minimum Gasteiger partial charge on any atom is -0.349 e. The van der Waals surface area contributed by atoms with Gasteiger partial charge in [-0.15, -0.1) is 0 Å². The minimum atomic E-state index is -0.382. The van der Waals surface area contributed by atoms with Gasteiger partial charge in [0.15, 0.2) is 5.78 Å². The van der Waals surface area contributed by atoms with Gasteiger partial charge in [0.25, 0.3) is 0 Å². The van der Waals surface area contributed by atoms with E-state index < -0.39 is 0 Å². The second-order valence-corrected chi connectivity index (χ2v) is 5.93. The monoisotopic (exact) mass is 316 g/mol. The van der Waals surface area contributed by atoms with Gasteiger partial charge in [0, 0.05) is 22.7 Å². The number of carbonyl (C=O) groups is 1. The van der Waals surface area contributed by atoms with Gasteiger partial charge in [-0.1, -0.05) is 42.0 Å². The van der Waals surface area contributed by atoms with Gasteiger partial charge in [-0.2, -0.15) is 0 Å². The van der Waals surface area contributed by atoms with E-state index in [0.29, 0.717) is 27.6 Å². The van der Waals surface area contributed by atoms with Crippen molar-refractivity contribution in [1.29, 1.82) is 5.41 Å². The van der Waals surface area contributed by atoms with E-state index in [0.717, 1.165) is 24.1 Å². The van der Waals surface area contributed by atoms with Gasteiger partial charge < -0.3 is 5.32 Å². The molecule has 0 aromatic heterocycles. The molecule has 1 aromatic carbocycles. The van der Waals surface area contributed by atoms with Crippen LogP contribution in [0.2, 0.25) is 5.02 Å². The Morgan fingerprint density at radius 2 is 2.10 bits per heavy atom. The molecule has 2 N–H and O–H groups in total. The van der Waals surface area contributed by atoms with Crippen LogP contribution in [0.15, 0.2) is 41.1 Å². The lowest BCUT2D eigenvalue weighted by atomic mass is 9.76. The lowest BCUT2D eigenvalue weighted by molar-refractivity contribution is -0.116. The Balaban J connectivity index is 2.26.